The highest BCUT2D eigenvalue weighted by Crippen LogP contribution is 2.31. The zero-order chi connectivity index (χ0) is 18.5. The standard InChI is InChI=1S/C19H16N2O5S/c22-15(13-6-7-16-17(10-13)24-9-8-23-16)12-27-19-21-20-18(26-19)11-25-14-4-2-1-3-5-14/h1-7,10H,8-9,11-12H2. The fourth-order valence-electron chi connectivity index (χ4n) is 2.44. The fourth-order valence-corrected chi connectivity index (χ4v) is 3.12. The number of rotatable bonds is 7. The molecule has 1 aromatic heterocycles. The number of ketones is 1. The van der Waals surface area contributed by atoms with Crippen LogP contribution in [-0.2, 0) is 6.61 Å². The van der Waals surface area contributed by atoms with E-state index in [0.717, 1.165) is 5.75 Å². The van der Waals surface area contributed by atoms with Gasteiger partial charge in [0.05, 0.1) is 5.75 Å². The molecule has 7 nitrogen and oxygen atoms in total. The van der Waals surface area contributed by atoms with Crippen LogP contribution >= 0.6 is 11.8 Å². The topological polar surface area (TPSA) is 83.7 Å². The lowest BCUT2D eigenvalue weighted by Crippen LogP contribution is -2.16. The highest BCUT2D eigenvalue weighted by Gasteiger charge is 2.16. The summed E-state index contributed by atoms with van der Waals surface area (Å²) < 4.78 is 22.0. The Kier molecular flexibility index (Phi) is 5.24. The number of hydrogen-bond donors (Lipinski definition) is 0. The van der Waals surface area contributed by atoms with Gasteiger partial charge in [0.2, 0.25) is 0 Å². The van der Waals surface area contributed by atoms with Crippen molar-refractivity contribution in [3.63, 3.8) is 0 Å². The summed E-state index contributed by atoms with van der Waals surface area (Å²) >= 11 is 1.19. The van der Waals surface area contributed by atoms with Crippen molar-refractivity contribution in [1.29, 1.82) is 0 Å². The molecule has 0 radical (unpaired) electrons. The first kappa shape index (κ1) is 17.4. The highest BCUT2D eigenvalue weighted by molar-refractivity contribution is 7.99. The van der Waals surface area contributed by atoms with Crippen LogP contribution in [0.2, 0.25) is 0 Å². The van der Waals surface area contributed by atoms with E-state index in [4.69, 9.17) is 18.6 Å². The maximum Gasteiger partial charge on any atom is 0.277 e. The van der Waals surface area contributed by atoms with Gasteiger partial charge in [-0.05, 0) is 30.3 Å². The second kappa shape index (κ2) is 8.13. The Balaban J connectivity index is 1.31. The molecule has 4 rings (SSSR count). The lowest BCUT2D eigenvalue weighted by atomic mass is 10.1. The number of aromatic nitrogens is 2. The lowest BCUT2D eigenvalue weighted by molar-refractivity contribution is 0.102. The van der Waals surface area contributed by atoms with Gasteiger partial charge in [-0.15, -0.1) is 10.2 Å². The smallest absolute Gasteiger partial charge is 0.277 e. The van der Waals surface area contributed by atoms with Crippen molar-refractivity contribution >= 4 is 17.5 Å². The fraction of sp³-hybridized carbons (Fsp3) is 0.211. The molecule has 138 valence electrons. The Morgan fingerprint density at radius 1 is 1.04 bits per heavy atom. The summed E-state index contributed by atoms with van der Waals surface area (Å²) in [4.78, 5) is 12.4. The molecule has 0 atom stereocenters. The molecule has 0 spiro atoms. The van der Waals surface area contributed by atoms with Gasteiger partial charge < -0.3 is 18.6 Å². The number of fused-ring (bicyclic) bond motifs is 1. The Morgan fingerprint density at radius 2 is 1.85 bits per heavy atom. The Labute approximate surface area is 159 Å². The quantitative estimate of drug-likeness (QED) is 0.453. The molecule has 0 unspecified atom stereocenters. The van der Waals surface area contributed by atoms with Crippen molar-refractivity contribution in [2.75, 3.05) is 19.0 Å². The predicted molar refractivity (Wildman–Crippen MR) is 97.6 cm³/mol. The molecule has 0 saturated heterocycles. The van der Waals surface area contributed by atoms with E-state index in [-0.39, 0.29) is 18.1 Å². The van der Waals surface area contributed by atoms with Gasteiger partial charge in [-0.25, -0.2) is 0 Å². The van der Waals surface area contributed by atoms with E-state index in [1.165, 1.54) is 11.8 Å². The summed E-state index contributed by atoms with van der Waals surface area (Å²) in [7, 11) is 0. The van der Waals surface area contributed by atoms with Gasteiger partial charge in [-0.3, -0.25) is 4.79 Å². The van der Waals surface area contributed by atoms with Crippen LogP contribution in [-0.4, -0.2) is 34.9 Å². The third kappa shape index (κ3) is 4.40. The Morgan fingerprint density at radius 3 is 2.70 bits per heavy atom. The summed E-state index contributed by atoms with van der Waals surface area (Å²) in [5.74, 6) is 2.45. The molecule has 2 aromatic carbocycles. The minimum Gasteiger partial charge on any atom is -0.486 e. The zero-order valence-corrected chi connectivity index (χ0v) is 15.1. The molecule has 0 N–H and O–H groups in total. The SMILES string of the molecule is O=C(CSc1nnc(COc2ccccc2)o1)c1ccc2c(c1)OCCO2. The van der Waals surface area contributed by atoms with E-state index in [1.54, 1.807) is 18.2 Å². The van der Waals surface area contributed by atoms with Gasteiger partial charge in [-0.2, -0.15) is 0 Å². The largest absolute Gasteiger partial charge is 0.486 e. The molecule has 0 saturated carbocycles. The number of carbonyl (C=O) groups is 1. The van der Waals surface area contributed by atoms with Gasteiger partial charge in [0, 0.05) is 5.56 Å². The monoisotopic (exact) mass is 384 g/mol. The van der Waals surface area contributed by atoms with E-state index < -0.39 is 0 Å². The molecule has 0 fully saturated rings. The third-order valence-electron chi connectivity index (χ3n) is 3.74. The first-order valence-corrected chi connectivity index (χ1v) is 9.32. The number of carbonyl (C=O) groups excluding carboxylic acids is 1. The molecule has 0 bridgehead atoms. The molecule has 27 heavy (non-hydrogen) atoms. The molecule has 3 aromatic rings. The lowest BCUT2D eigenvalue weighted by Gasteiger charge is -2.18. The zero-order valence-electron chi connectivity index (χ0n) is 14.3. The van der Waals surface area contributed by atoms with Gasteiger partial charge in [0.1, 0.15) is 19.0 Å². The van der Waals surface area contributed by atoms with Crippen LogP contribution in [0.4, 0.5) is 0 Å². The van der Waals surface area contributed by atoms with Gasteiger partial charge >= 0.3 is 0 Å². The van der Waals surface area contributed by atoms with Crippen LogP contribution in [0, 0.1) is 0 Å². The highest BCUT2D eigenvalue weighted by atomic mass is 32.2. The second-order valence-corrected chi connectivity index (χ2v) is 6.56. The molecular formula is C19H16N2O5S. The van der Waals surface area contributed by atoms with Crippen LogP contribution in [0.1, 0.15) is 16.2 Å². The number of nitrogens with zero attached hydrogens (tertiary/aromatic N) is 2. The molecule has 2 heterocycles. The summed E-state index contributed by atoms with van der Waals surface area (Å²) in [5, 5.41) is 8.19. The van der Waals surface area contributed by atoms with Crippen LogP contribution in [0.15, 0.2) is 58.2 Å². The minimum atomic E-state index is -0.0581. The van der Waals surface area contributed by atoms with Crippen molar-refractivity contribution in [3.05, 3.63) is 60.0 Å². The Hall–Kier alpha value is -3.00. The number of thioether (sulfide) groups is 1. The number of para-hydroxylation sites is 1. The molecule has 8 heteroatoms. The van der Waals surface area contributed by atoms with Crippen LogP contribution in [0.3, 0.4) is 0 Å². The average Bonchev–Trinajstić information content (AvgIpc) is 3.19. The molecule has 1 aliphatic rings. The van der Waals surface area contributed by atoms with Gasteiger partial charge in [-0.1, -0.05) is 30.0 Å². The first-order chi connectivity index (χ1) is 13.3. The number of benzene rings is 2. The van der Waals surface area contributed by atoms with Crippen molar-refractivity contribution in [3.8, 4) is 17.2 Å². The van der Waals surface area contributed by atoms with E-state index >= 15 is 0 Å². The number of ether oxygens (including phenoxy) is 3. The van der Waals surface area contributed by atoms with E-state index in [1.807, 2.05) is 30.3 Å². The summed E-state index contributed by atoms with van der Waals surface area (Å²) in [6.45, 7) is 1.17. The number of hydrogen-bond acceptors (Lipinski definition) is 8. The maximum atomic E-state index is 12.4. The second-order valence-electron chi connectivity index (χ2n) is 5.63. The van der Waals surface area contributed by atoms with Crippen LogP contribution < -0.4 is 14.2 Å². The third-order valence-corrected chi connectivity index (χ3v) is 4.56. The molecular weight excluding hydrogens is 368 g/mol. The predicted octanol–water partition coefficient (Wildman–Crippen LogP) is 3.39. The van der Waals surface area contributed by atoms with E-state index in [2.05, 4.69) is 10.2 Å². The van der Waals surface area contributed by atoms with Crippen molar-refractivity contribution in [2.45, 2.75) is 11.8 Å². The first-order valence-electron chi connectivity index (χ1n) is 8.34. The molecule has 0 aliphatic carbocycles. The van der Waals surface area contributed by atoms with Gasteiger partial charge in [0.15, 0.2) is 23.9 Å². The van der Waals surface area contributed by atoms with E-state index in [0.29, 0.717) is 41.4 Å². The summed E-state index contributed by atoms with van der Waals surface area (Å²) in [6.07, 6.45) is 0. The van der Waals surface area contributed by atoms with Crippen LogP contribution in [0.5, 0.6) is 17.2 Å². The summed E-state index contributed by atoms with van der Waals surface area (Å²) in [6, 6.07) is 14.5. The summed E-state index contributed by atoms with van der Waals surface area (Å²) in [5.41, 5.74) is 0.555. The van der Waals surface area contributed by atoms with E-state index in [9.17, 15) is 4.79 Å². The number of Topliss-reactive ketones (excluding diaryl/α,β-unsaturated/α-hetero) is 1. The van der Waals surface area contributed by atoms with Crippen molar-refractivity contribution in [2.24, 2.45) is 0 Å². The molecule has 0 amide bonds. The van der Waals surface area contributed by atoms with Gasteiger partial charge in [0.25, 0.3) is 11.1 Å². The van der Waals surface area contributed by atoms with Crippen LogP contribution in [0.25, 0.3) is 0 Å². The minimum absolute atomic E-state index is 0.0581. The maximum absolute atomic E-state index is 12.4. The Bertz CT molecular complexity index is 929. The average molecular weight is 384 g/mol. The normalized spacial score (nSPS) is 12.6. The molecule has 1 aliphatic heterocycles. The van der Waals surface area contributed by atoms with Crippen molar-refractivity contribution in [1.82, 2.24) is 10.2 Å². The van der Waals surface area contributed by atoms with Crippen molar-refractivity contribution < 1.29 is 23.4 Å².